The first-order valence-corrected chi connectivity index (χ1v) is 8.30. The standard InChI is InChI=1S/C20H22FNO3/c1-15(23)16-8-10-18(11-9-16)25-14-4-7-20(24)22-13-12-17-5-2-3-6-19(17)21/h2-3,5-6,8-11H,4,7,12-14H2,1H3,(H,22,24). The third kappa shape index (κ3) is 6.37. The van der Waals surface area contributed by atoms with Crippen molar-refractivity contribution in [1.29, 1.82) is 0 Å². The summed E-state index contributed by atoms with van der Waals surface area (Å²) in [7, 11) is 0. The molecule has 25 heavy (non-hydrogen) atoms. The first kappa shape index (κ1) is 18.6. The Balaban J connectivity index is 1.60. The summed E-state index contributed by atoms with van der Waals surface area (Å²) in [5.41, 5.74) is 1.24. The van der Waals surface area contributed by atoms with Crippen molar-refractivity contribution in [3.8, 4) is 5.75 Å². The SMILES string of the molecule is CC(=O)c1ccc(OCCCC(=O)NCCc2ccccc2F)cc1. The largest absolute Gasteiger partial charge is 0.494 e. The van der Waals surface area contributed by atoms with Crippen LogP contribution in [-0.4, -0.2) is 24.8 Å². The van der Waals surface area contributed by atoms with Gasteiger partial charge in [0.15, 0.2) is 5.78 Å². The predicted octanol–water partition coefficient (Wildman–Crippen LogP) is 3.55. The fourth-order valence-corrected chi connectivity index (χ4v) is 2.33. The Morgan fingerprint density at radius 2 is 1.80 bits per heavy atom. The van der Waals surface area contributed by atoms with Gasteiger partial charge in [0, 0.05) is 18.5 Å². The highest BCUT2D eigenvalue weighted by Crippen LogP contribution is 2.13. The number of nitrogens with one attached hydrogen (secondary N) is 1. The molecule has 2 aromatic rings. The molecular formula is C20H22FNO3. The molecule has 0 heterocycles. The molecule has 0 aliphatic carbocycles. The quantitative estimate of drug-likeness (QED) is 0.560. The fraction of sp³-hybridized carbons (Fsp3) is 0.300. The molecule has 0 aromatic heterocycles. The minimum absolute atomic E-state index is 0.0126. The van der Waals surface area contributed by atoms with Crippen LogP contribution >= 0.6 is 0 Å². The lowest BCUT2D eigenvalue weighted by molar-refractivity contribution is -0.121. The number of benzene rings is 2. The molecule has 1 amide bonds. The second-order valence-electron chi connectivity index (χ2n) is 5.72. The number of hydrogen-bond donors (Lipinski definition) is 1. The van der Waals surface area contributed by atoms with Crippen LogP contribution in [0.3, 0.4) is 0 Å². The smallest absolute Gasteiger partial charge is 0.220 e. The number of carbonyl (C=O) groups excluding carboxylic acids is 2. The van der Waals surface area contributed by atoms with E-state index in [1.807, 2.05) is 0 Å². The predicted molar refractivity (Wildman–Crippen MR) is 94.3 cm³/mol. The van der Waals surface area contributed by atoms with Crippen molar-refractivity contribution in [2.45, 2.75) is 26.2 Å². The fourth-order valence-electron chi connectivity index (χ4n) is 2.33. The zero-order valence-corrected chi connectivity index (χ0v) is 14.3. The molecule has 0 aliphatic heterocycles. The van der Waals surface area contributed by atoms with Crippen molar-refractivity contribution < 1.29 is 18.7 Å². The minimum atomic E-state index is -0.249. The number of ketones is 1. The van der Waals surface area contributed by atoms with Gasteiger partial charge in [0.05, 0.1) is 6.61 Å². The molecule has 1 N–H and O–H groups in total. The second-order valence-corrected chi connectivity index (χ2v) is 5.72. The van der Waals surface area contributed by atoms with Crippen LogP contribution in [0.15, 0.2) is 48.5 Å². The lowest BCUT2D eigenvalue weighted by Crippen LogP contribution is -2.26. The Morgan fingerprint density at radius 1 is 1.08 bits per heavy atom. The first-order chi connectivity index (χ1) is 12.1. The third-order valence-corrected chi connectivity index (χ3v) is 3.75. The normalized spacial score (nSPS) is 10.3. The van der Waals surface area contributed by atoms with Gasteiger partial charge < -0.3 is 10.1 Å². The van der Waals surface area contributed by atoms with E-state index in [-0.39, 0.29) is 17.5 Å². The second kappa shape index (κ2) is 9.57. The number of Topliss-reactive ketones (excluding diaryl/α,β-unsaturated/α-hetero) is 1. The molecule has 0 saturated heterocycles. The van der Waals surface area contributed by atoms with Crippen LogP contribution in [0.2, 0.25) is 0 Å². The van der Waals surface area contributed by atoms with Crippen LogP contribution in [0.4, 0.5) is 4.39 Å². The number of hydrogen-bond acceptors (Lipinski definition) is 3. The summed E-state index contributed by atoms with van der Waals surface area (Å²) >= 11 is 0. The number of halogens is 1. The number of rotatable bonds is 9. The Morgan fingerprint density at radius 3 is 2.48 bits per heavy atom. The van der Waals surface area contributed by atoms with E-state index in [9.17, 15) is 14.0 Å². The van der Waals surface area contributed by atoms with Gasteiger partial charge in [0.25, 0.3) is 0 Å². The molecule has 4 nitrogen and oxygen atoms in total. The van der Waals surface area contributed by atoms with Gasteiger partial charge in [-0.05, 0) is 55.7 Å². The molecule has 0 atom stereocenters. The van der Waals surface area contributed by atoms with Crippen molar-refractivity contribution in [2.24, 2.45) is 0 Å². The van der Waals surface area contributed by atoms with Crippen LogP contribution < -0.4 is 10.1 Å². The summed E-state index contributed by atoms with van der Waals surface area (Å²) in [6, 6.07) is 13.5. The molecule has 0 saturated carbocycles. The van der Waals surface area contributed by atoms with Crippen LogP contribution in [0.5, 0.6) is 5.75 Å². The van der Waals surface area contributed by atoms with Crippen LogP contribution in [-0.2, 0) is 11.2 Å². The van der Waals surface area contributed by atoms with Crippen LogP contribution in [0.25, 0.3) is 0 Å². The summed E-state index contributed by atoms with van der Waals surface area (Å²) in [5.74, 6) is 0.358. The van der Waals surface area contributed by atoms with E-state index in [1.54, 1.807) is 42.5 Å². The maximum Gasteiger partial charge on any atom is 0.220 e. The van der Waals surface area contributed by atoms with Gasteiger partial charge in [-0.1, -0.05) is 18.2 Å². The lowest BCUT2D eigenvalue weighted by Gasteiger charge is -2.08. The molecule has 5 heteroatoms. The molecule has 0 unspecified atom stereocenters. The molecule has 0 radical (unpaired) electrons. The average molecular weight is 343 g/mol. The number of ether oxygens (including phenoxy) is 1. The summed E-state index contributed by atoms with van der Waals surface area (Å²) in [6.45, 7) is 2.34. The van der Waals surface area contributed by atoms with E-state index >= 15 is 0 Å². The third-order valence-electron chi connectivity index (χ3n) is 3.75. The van der Waals surface area contributed by atoms with Gasteiger partial charge in [-0.15, -0.1) is 0 Å². The van der Waals surface area contributed by atoms with Crippen molar-refractivity contribution >= 4 is 11.7 Å². The molecule has 0 bridgehead atoms. The Hall–Kier alpha value is -2.69. The van der Waals surface area contributed by atoms with E-state index in [4.69, 9.17) is 4.74 Å². The molecular weight excluding hydrogens is 321 g/mol. The monoisotopic (exact) mass is 343 g/mol. The molecule has 0 fully saturated rings. The van der Waals surface area contributed by atoms with Gasteiger partial charge >= 0.3 is 0 Å². The van der Waals surface area contributed by atoms with Gasteiger partial charge in [0.2, 0.25) is 5.91 Å². The molecule has 0 aliphatic rings. The summed E-state index contributed by atoms with van der Waals surface area (Å²) in [4.78, 5) is 22.9. The number of amides is 1. The maximum absolute atomic E-state index is 13.4. The summed E-state index contributed by atoms with van der Waals surface area (Å²) in [5, 5.41) is 2.78. The van der Waals surface area contributed by atoms with Gasteiger partial charge in [0.1, 0.15) is 11.6 Å². The van der Waals surface area contributed by atoms with Gasteiger partial charge in [-0.2, -0.15) is 0 Å². The summed E-state index contributed by atoms with van der Waals surface area (Å²) < 4.78 is 19.0. The van der Waals surface area contributed by atoms with E-state index in [0.717, 1.165) is 0 Å². The van der Waals surface area contributed by atoms with E-state index < -0.39 is 0 Å². The van der Waals surface area contributed by atoms with Crippen molar-refractivity contribution in [3.05, 3.63) is 65.5 Å². The Labute approximate surface area is 147 Å². The Bertz CT molecular complexity index is 713. The van der Waals surface area contributed by atoms with Crippen molar-refractivity contribution in [2.75, 3.05) is 13.2 Å². The highest BCUT2D eigenvalue weighted by molar-refractivity contribution is 5.94. The minimum Gasteiger partial charge on any atom is -0.494 e. The van der Waals surface area contributed by atoms with Crippen LogP contribution in [0, 0.1) is 5.82 Å². The lowest BCUT2D eigenvalue weighted by atomic mass is 10.1. The highest BCUT2D eigenvalue weighted by atomic mass is 19.1. The topological polar surface area (TPSA) is 55.4 Å². The van der Waals surface area contributed by atoms with Gasteiger partial charge in [-0.3, -0.25) is 9.59 Å². The zero-order valence-electron chi connectivity index (χ0n) is 14.3. The van der Waals surface area contributed by atoms with E-state index in [0.29, 0.717) is 49.3 Å². The Kier molecular flexibility index (Phi) is 7.14. The zero-order chi connectivity index (χ0) is 18.1. The highest BCUT2D eigenvalue weighted by Gasteiger charge is 2.04. The average Bonchev–Trinajstić information content (AvgIpc) is 2.61. The molecule has 132 valence electrons. The molecule has 2 aromatic carbocycles. The van der Waals surface area contributed by atoms with E-state index in [2.05, 4.69) is 5.32 Å². The van der Waals surface area contributed by atoms with Crippen molar-refractivity contribution in [1.82, 2.24) is 5.32 Å². The van der Waals surface area contributed by atoms with Crippen molar-refractivity contribution in [3.63, 3.8) is 0 Å². The molecule has 0 spiro atoms. The summed E-state index contributed by atoms with van der Waals surface area (Å²) in [6.07, 6.45) is 1.40. The van der Waals surface area contributed by atoms with Crippen LogP contribution in [0.1, 0.15) is 35.7 Å². The van der Waals surface area contributed by atoms with Gasteiger partial charge in [-0.25, -0.2) is 4.39 Å². The van der Waals surface area contributed by atoms with E-state index in [1.165, 1.54) is 13.0 Å². The maximum atomic E-state index is 13.4. The molecule has 2 rings (SSSR count). The number of carbonyl (C=O) groups is 2. The first-order valence-electron chi connectivity index (χ1n) is 8.30.